The topological polar surface area (TPSA) is 42.2 Å². The van der Waals surface area contributed by atoms with E-state index in [9.17, 15) is 0 Å². The van der Waals surface area contributed by atoms with Crippen LogP contribution < -0.4 is 10.6 Å². The van der Waals surface area contributed by atoms with E-state index in [0.717, 1.165) is 18.7 Å². The number of nitrogens with two attached hydrogens (primary N) is 1. The van der Waals surface area contributed by atoms with Gasteiger partial charge in [0.05, 0.1) is 0 Å². The molecule has 0 bridgehead atoms. The maximum absolute atomic E-state index is 5.65. The largest absolute Gasteiger partial charge is 0.384 e. The molecule has 2 aromatic heterocycles. The molecule has 0 saturated heterocycles. The second kappa shape index (κ2) is 4.99. The van der Waals surface area contributed by atoms with Crippen LogP contribution in [-0.2, 0) is 6.42 Å². The highest BCUT2D eigenvalue weighted by molar-refractivity contribution is 7.09. The second-order valence-corrected chi connectivity index (χ2v) is 4.72. The van der Waals surface area contributed by atoms with E-state index in [1.807, 2.05) is 12.1 Å². The fraction of sp³-hybridized carbons (Fsp3) is 0.250. The van der Waals surface area contributed by atoms with E-state index in [0.29, 0.717) is 5.82 Å². The Kier molecular flexibility index (Phi) is 3.41. The van der Waals surface area contributed by atoms with Crippen molar-refractivity contribution >= 4 is 22.8 Å². The standard InChI is InChI=1S/C12H15N3S/c1-15(7-5-11-3-2-8-16-11)10-4-6-14-12(13)9-10/h2-4,6,8-9H,5,7H2,1H3,(H2,13,14). The first-order valence-corrected chi connectivity index (χ1v) is 6.09. The second-order valence-electron chi connectivity index (χ2n) is 3.69. The highest BCUT2D eigenvalue weighted by atomic mass is 32.1. The van der Waals surface area contributed by atoms with Gasteiger partial charge in [0.15, 0.2) is 0 Å². The predicted octanol–water partition coefficient (Wildman–Crippen LogP) is 2.40. The molecule has 0 fully saturated rings. The molecule has 0 amide bonds. The van der Waals surface area contributed by atoms with Crippen LogP contribution in [0.15, 0.2) is 35.8 Å². The molecule has 2 heterocycles. The van der Waals surface area contributed by atoms with Gasteiger partial charge in [-0.3, -0.25) is 0 Å². The molecule has 0 aliphatic heterocycles. The molecular formula is C12H15N3S. The number of nitrogen functional groups attached to an aromatic ring is 1. The first-order valence-electron chi connectivity index (χ1n) is 5.21. The van der Waals surface area contributed by atoms with Crippen molar-refractivity contribution in [2.75, 3.05) is 24.2 Å². The average Bonchev–Trinajstić information content (AvgIpc) is 2.78. The van der Waals surface area contributed by atoms with E-state index in [2.05, 4.69) is 34.4 Å². The number of anilines is 2. The van der Waals surface area contributed by atoms with Crippen molar-refractivity contribution in [1.29, 1.82) is 0 Å². The van der Waals surface area contributed by atoms with Gasteiger partial charge in [0, 0.05) is 36.4 Å². The van der Waals surface area contributed by atoms with Crippen LogP contribution in [0.3, 0.4) is 0 Å². The van der Waals surface area contributed by atoms with Crippen molar-refractivity contribution in [2.45, 2.75) is 6.42 Å². The Bertz CT molecular complexity index is 439. The van der Waals surface area contributed by atoms with Crippen LogP contribution in [0.5, 0.6) is 0 Å². The summed E-state index contributed by atoms with van der Waals surface area (Å²) in [6.45, 7) is 0.990. The van der Waals surface area contributed by atoms with E-state index >= 15 is 0 Å². The lowest BCUT2D eigenvalue weighted by molar-refractivity contribution is 0.886. The Hall–Kier alpha value is -1.55. The van der Waals surface area contributed by atoms with Crippen LogP contribution in [0.4, 0.5) is 11.5 Å². The lowest BCUT2D eigenvalue weighted by atomic mass is 10.3. The molecule has 3 nitrogen and oxygen atoms in total. The van der Waals surface area contributed by atoms with Gasteiger partial charge in [0.1, 0.15) is 5.82 Å². The SMILES string of the molecule is CN(CCc1cccs1)c1ccnc(N)c1. The van der Waals surface area contributed by atoms with Crippen molar-refractivity contribution in [3.05, 3.63) is 40.7 Å². The summed E-state index contributed by atoms with van der Waals surface area (Å²) in [5, 5.41) is 2.11. The lowest BCUT2D eigenvalue weighted by Crippen LogP contribution is -2.20. The smallest absolute Gasteiger partial charge is 0.125 e. The van der Waals surface area contributed by atoms with Gasteiger partial charge in [0.25, 0.3) is 0 Å². The third-order valence-corrected chi connectivity index (χ3v) is 3.42. The number of pyridine rings is 1. The Morgan fingerprint density at radius 2 is 2.31 bits per heavy atom. The third kappa shape index (κ3) is 2.73. The van der Waals surface area contributed by atoms with E-state index in [-0.39, 0.29) is 0 Å². The normalized spacial score (nSPS) is 10.3. The summed E-state index contributed by atoms with van der Waals surface area (Å²) in [5.41, 5.74) is 6.77. The molecule has 0 spiro atoms. The van der Waals surface area contributed by atoms with Crippen molar-refractivity contribution in [1.82, 2.24) is 4.98 Å². The molecule has 0 unspecified atom stereocenters. The molecule has 0 radical (unpaired) electrons. The molecular weight excluding hydrogens is 218 g/mol. The number of hydrogen-bond acceptors (Lipinski definition) is 4. The molecule has 2 N–H and O–H groups in total. The summed E-state index contributed by atoms with van der Waals surface area (Å²) in [6, 6.07) is 8.13. The lowest BCUT2D eigenvalue weighted by Gasteiger charge is -2.18. The maximum atomic E-state index is 5.65. The summed E-state index contributed by atoms with van der Waals surface area (Å²) in [7, 11) is 2.07. The molecule has 0 saturated carbocycles. The number of nitrogens with zero attached hydrogens (tertiary/aromatic N) is 2. The molecule has 84 valence electrons. The number of rotatable bonds is 4. The van der Waals surface area contributed by atoms with E-state index in [1.165, 1.54) is 4.88 Å². The minimum Gasteiger partial charge on any atom is -0.384 e. The zero-order valence-electron chi connectivity index (χ0n) is 9.26. The van der Waals surface area contributed by atoms with Gasteiger partial charge in [-0.25, -0.2) is 4.98 Å². The van der Waals surface area contributed by atoms with E-state index in [1.54, 1.807) is 17.5 Å². The van der Waals surface area contributed by atoms with Gasteiger partial charge in [-0.2, -0.15) is 0 Å². The predicted molar refractivity (Wildman–Crippen MR) is 69.9 cm³/mol. The number of hydrogen-bond donors (Lipinski definition) is 1. The van der Waals surface area contributed by atoms with E-state index < -0.39 is 0 Å². The minimum absolute atomic E-state index is 0.570. The minimum atomic E-state index is 0.570. The molecule has 4 heteroatoms. The van der Waals surface area contributed by atoms with Gasteiger partial charge in [-0.1, -0.05) is 6.07 Å². The fourth-order valence-electron chi connectivity index (χ4n) is 1.54. The molecule has 2 aromatic rings. The fourth-order valence-corrected chi connectivity index (χ4v) is 2.23. The van der Waals surface area contributed by atoms with Gasteiger partial charge < -0.3 is 10.6 Å². The van der Waals surface area contributed by atoms with Crippen LogP contribution in [0.2, 0.25) is 0 Å². The monoisotopic (exact) mass is 233 g/mol. The summed E-state index contributed by atoms with van der Waals surface area (Å²) in [4.78, 5) is 7.59. The highest BCUT2D eigenvalue weighted by Gasteiger charge is 2.02. The quantitative estimate of drug-likeness (QED) is 0.881. The zero-order chi connectivity index (χ0) is 11.4. The van der Waals surface area contributed by atoms with Crippen molar-refractivity contribution in [3.63, 3.8) is 0 Å². The van der Waals surface area contributed by atoms with Crippen molar-refractivity contribution < 1.29 is 0 Å². The first-order chi connectivity index (χ1) is 7.75. The Labute approximate surface area is 99.5 Å². The Morgan fingerprint density at radius 1 is 1.44 bits per heavy atom. The summed E-state index contributed by atoms with van der Waals surface area (Å²) in [5.74, 6) is 0.570. The molecule has 0 aliphatic rings. The summed E-state index contributed by atoms with van der Waals surface area (Å²) in [6.07, 6.45) is 2.81. The molecule has 16 heavy (non-hydrogen) atoms. The third-order valence-electron chi connectivity index (χ3n) is 2.48. The van der Waals surface area contributed by atoms with Crippen LogP contribution >= 0.6 is 11.3 Å². The number of likely N-dealkylation sites (N-methyl/N-ethyl adjacent to an activating group) is 1. The number of thiophene rings is 1. The maximum Gasteiger partial charge on any atom is 0.125 e. The Morgan fingerprint density at radius 3 is 3.00 bits per heavy atom. The van der Waals surface area contributed by atoms with Gasteiger partial charge in [-0.15, -0.1) is 11.3 Å². The van der Waals surface area contributed by atoms with Gasteiger partial charge in [-0.05, 0) is 23.9 Å². The van der Waals surface area contributed by atoms with Crippen LogP contribution in [0.25, 0.3) is 0 Å². The van der Waals surface area contributed by atoms with Crippen LogP contribution in [0, 0.1) is 0 Å². The zero-order valence-corrected chi connectivity index (χ0v) is 10.1. The highest BCUT2D eigenvalue weighted by Crippen LogP contribution is 2.15. The van der Waals surface area contributed by atoms with E-state index in [4.69, 9.17) is 5.73 Å². The van der Waals surface area contributed by atoms with Crippen molar-refractivity contribution in [2.24, 2.45) is 0 Å². The van der Waals surface area contributed by atoms with Gasteiger partial charge in [0.2, 0.25) is 0 Å². The average molecular weight is 233 g/mol. The van der Waals surface area contributed by atoms with Crippen LogP contribution in [0.1, 0.15) is 4.88 Å². The summed E-state index contributed by atoms with van der Waals surface area (Å²) >= 11 is 1.80. The van der Waals surface area contributed by atoms with Gasteiger partial charge >= 0.3 is 0 Å². The molecule has 0 aromatic carbocycles. The number of aromatic nitrogens is 1. The molecule has 0 aliphatic carbocycles. The molecule has 0 atom stereocenters. The van der Waals surface area contributed by atoms with Crippen molar-refractivity contribution in [3.8, 4) is 0 Å². The first kappa shape index (κ1) is 11.0. The van der Waals surface area contributed by atoms with Crippen LogP contribution in [-0.4, -0.2) is 18.6 Å². The molecule has 2 rings (SSSR count). The Balaban J connectivity index is 1.95. The summed E-state index contributed by atoms with van der Waals surface area (Å²) < 4.78 is 0.